The van der Waals surface area contributed by atoms with Crippen LogP contribution in [0.5, 0.6) is 0 Å². The van der Waals surface area contributed by atoms with Gasteiger partial charge in [-0.3, -0.25) is 19.2 Å². The molecule has 4 atom stereocenters. The molecule has 0 aromatic heterocycles. The van der Waals surface area contributed by atoms with Crippen molar-refractivity contribution in [2.45, 2.75) is 13.3 Å². The van der Waals surface area contributed by atoms with E-state index in [2.05, 4.69) is 0 Å². The third kappa shape index (κ3) is 2.15. The fourth-order valence-electron chi connectivity index (χ4n) is 4.00. The molecule has 0 amide bonds. The molecule has 8 nitrogen and oxygen atoms in total. The van der Waals surface area contributed by atoms with Crippen molar-refractivity contribution in [1.82, 2.24) is 0 Å². The Bertz CT molecular complexity index is 537. The van der Waals surface area contributed by atoms with Crippen molar-refractivity contribution >= 4 is 23.9 Å². The predicted molar refractivity (Wildman–Crippen MR) is 69.9 cm³/mol. The Morgan fingerprint density at radius 3 is 1.45 bits per heavy atom. The summed E-state index contributed by atoms with van der Waals surface area (Å²) in [5.74, 6) is -13.6. The molecule has 1 fully saturated rings. The lowest BCUT2D eigenvalue weighted by molar-refractivity contribution is -0.179. The maximum Gasteiger partial charge on any atom is 0.308 e. The van der Waals surface area contributed by atoms with Gasteiger partial charge < -0.3 is 20.4 Å². The molecule has 4 N–H and O–H groups in total. The Kier molecular flexibility index (Phi) is 3.95. The summed E-state index contributed by atoms with van der Waals surface area (Å²) in [7, 11) is 0. The van der Waals surface area contributed by atoms with Crippen LogP contribution in [0.4, 0.5) is 0 Å². The molecule has 3 aliphatic carbocycles. The van der Waals surface area contributed by atoms with Crippen LogP contribution in [0.1, 0.15) is 13.3 Å². The second kappa shape index (κ2) is 5.43. The first-order chi connectivity index (χ1) is 10.2. The highest BCUT2D eigenvalue weighted by Gasteiger charge is 2.63. The van der Waals surface area contributed by atoms with Gasteiger partial charge in [-0.15, -0.1) is 0 Å². The molecule has 3 aliphatic rings. The van der Waals surface area contributed by atoms with E-state index >= 15 is 0 Å². The second-order valence-corrected chi connectivity index (χ2v) is 5.65. The van der Waals surface area contributed by atoms with Gasteiger partial charge in [0.05, 0.1) is 23.7 Å². The van der Waals surface area contributed by atoms with Gasteiger partial charge in [-0.25, -0.2) is 0 Å². The van der Waals surface area contributed by atoms with E-state index < -0.39 is 59.4 Å². The van der Waals surface area contributed by atoms with E-state index in [-0.39, 0.29) is 0 Å². The van der Waals surface area contributed by atoms with Crippen LogP contribution < -0.4 is 0 Å². The smallest absolute Gasteiger partial charge is 0.308 e. The lowest BCUT2D eigenvalue weighted by Gasteiger charge is -2.50. The van der Waals surface area contributed by atoms with Crippen molar-refractivity contribution < 1.29 is 39.6 Å². The van der Waals surface area contributed by atoms with Crippen LogP contribution >= 0.6 is 0 Å². The molecule has 1 saturated carbocycles. The number of hydrogen-bond acceptors (Lipinski definition) is 4. The Labute approximate surface area is 125 Å². The highest BCUT2D eigenvalue weighted by atomic mass is 16.4. The van der Waals surface area contributed by atoms with Gasteiger partial charge in [0.1, 0.15) is 0 Å². The SMILES string of the molecule is CCC1=CC2C(C(=O)O)C(C(=O)O)C1C(C(=O)O)C2C(=O)O. The summed E-state index contributed by atoms with van der Waals surface area (Å²) in [6, 6.07) is 0. The summed E-state index contributed by atoms with van der Waals surface area (Å²) < 4.78 is 0. The zero-order valence-electron chi connectivity index (χ0n) is 11.7. The molecule has 0 radical (unpaired) electrons. The summed E-state index contributed by atoms with van der Waals surface area (Å²) in [6.07, 6.45) is 1.81. The van der Waals surface area contributed by atoms with Crippen LogP contribution in [0.3, 0.4) is 0 Å². The largest absolute Gasteiger partial charge is 0.481 e. The Hall–Kier alpha value is -2.38. The number of allylic oxidation sites excluding steroid dienone is 2. The predicted octanol–water partition coefficient (Wildman–Crippen LogP) is 0.386. The zero-order valence-corrected chi connectivity index (χ0v) is 11.7. The van der Waals surface area contributed by atoms with Crippen molar-refractivity contribution in [2.24, 2.45) is 35.5 Å². The summed E-state index contributed by atoms with van der Waals surface area (Å²) in [5.41, 5.74) is 0.514. The topological polar surface area (TPSA) is 149 Å². The van der Waals surface area contributed by atoms with Crippen LogP contribution in [0.2, 0.25) is 0 Å². The number of carbonyl (C=O) groups is 4. The Morgan fingerprint density at radius 1 is 0.818 bits per heavy atom. The maximum atomic E-state index is 11.5. The summed E-state index contributed by atoms with van der Waals surface area (Å²) in [5, 5.41) is 37.4. The quantitative estimate of drug-likeness (QED) is 0.532. The number of fused-ring (bicyclic) bond motifs is 2. The van der Waals surface area contributed by atoms with Gasteiger partial charge in [-0.1, -0.05) is 18.6 Å². The Morgan fingerprint density at radius 2 is 1.18 bits per heavy atom. The third-order valence-electron chi connectivity index (χ3n) is 4.76. The van der Waals surface area contributed by atoms with E-state index in [0.717, 1.165) is 0 Å². The number of carboxylic acids is 4. The standard InChI is InChI=1S/C14H16O8/c1-2-4-3-5-7(11(15)16)9(13(19)20)6(4)10(14(21)22)8(5)12(17)18/h3,5-10H,2H2,1H3,(H,15,16)(H,17,18)(H,19,20)(H,21,22). The van der Waals surface area contributed by atoms with E-state index in [1.54, 1.807) is 6.92 Å². The Balaban J connectivity index is 2.67. The highest BCUT2D eigenvalue weighted by molar-refractivity contribution is 5.88. The first-order valence-corrected chi connectivity index (χ1v) is 6.84. The molecule has 22 heavy (non-hydrogen) atoms. The maximum absolute atomic E-state index is 11.5. The molecular formula is C14H16O8. The van der Waals surface area contributed by atoms with Crippen molar-refractivity contribution in [3.05, 3.63) is 11.6 Å². The molecule has 2 bridgehead atoms. The monoisotopic (exact) mass is 312 g/mol. The van der Waals surface area contributed by atoms with Crippen molar-refractivity contribution in [3.63, 3.8) is 0 Å². The van der Waals surface area contributed by atoms with E-state index in [4.69, 9.17) is 0 Å². The minimum atomic E-state index is -1.44. The molecule has 4 unspecified atom stereocenters. The van der Waals surface area contributed by atoms with E-state index in [1.165, 1.54) is 6.08 Å². The zero-order chi connectivity index (χ0) is 16.8. The van der Waals surface area contributed by atoms with Crippen molar-refractivity contribution in [1.29, 1.82) is 0 Å². The molecule has 0 aliphatic heterocycles. The van der Waals surface area contributed by atoms with Gasteiger partial charge in [0.2, 0.25) is 0 Å². The molecule has 120 valence electrons. The highest BCUT2D eigenvalue weighted by Crippen LogP contribution is 2.55. The molecule has 0 spiro atoms. The number of carboxylic acid groups (broad SMARTS) is 4. The lowest BCUT2D eigenvalue weighted by atomic mass is 9.50. The van der Waals surface area contributed by atoms with E-state index in [9.17, 15) is 39.6 Å². The average molecular weight is 312 g/mol. The molecular weight excluding hydrogens is 296 g/mol. The normalized spacial score (nSPS) is 36.5. The lowest BCUT2D eigenvalue weighted by Crippen LogP contribution is -2.58. The average Bonchev–Trinajstić information content (AvgIpc) is 2.44. The van der Waals surface area contributed by atoms with E-state index in [1.807, 2.05) is 0 Å². The van der Waals surface area contributed by atoms with Crippen LogP contribution in [0, 0.1) is 35.5 Å². The van der Waals surface area contributed by atoms with Crippen LogP contribution in [-0.4, -0.2) is 44.3 Å². The molecule has 3 rings (SSSR count). The first kappa shape index (κ1) is 16.0. The fourth-order valence-corrected chi connectivity index (χ4v) is 4.00. The number of aliphatic carboxylic acids is 4. The first-order valence-electron chi connectivity index (χ1n) is 6.84. The van der Waals surface area contributed by atoms with Gasteiger partial charge in [0.25, 0.3) is 0 Å². The van der Waals surface area contributed by atoms with E-state index in [0.29, 0.717) is 12.0 Å². The molecule has 0 aromatic rings. The summed E-state index contributed by atoms with van der Waals surface area (Å²) in [6.45, 7) is 1.70. The molecule has 0 aromatic carbocycles. The molecule has 8 heteroatoms. The number of rotatable bonds is 5. The number of hydrogen-bond donors (Lipinski definition) is 4. The second-order valence-electron chi connectivity index (χ2n) is 5.65. The molecule has 0 saturated heterocycles. The van der Waals surface area contributed by atoms with Gasteiger partial charge >= 0.3 is 23.9 Å². The third-order valence-corrected chi connectivity index (χ3v) is 4.76. The van der Waals surface area contributed by atoms with Gasteiger partial charge in [0, 0.05) is 11.8 Å². The minimum absolute atomic E-state index is 0.355. The van der Waals surface area contributed by atoms with Crippen molar-refractivity contribution in [2.75, 3.05) is 0 Å². The van der Waals surface area contributed by atoms with Crippen molar-refractivity contribution in [3.8, 4) is 0 Å². The summed E-state index contributed by atoms with van der Waals surface area (Å²) >= 11 is 0. The van der Waals surface area contributed by atoms with Gasteiger partial charge in [-0.05, 0) is 6.42 Å². The van der Waals surface area contributed by atoms with Gasteiger partial charge in [0.15, 0.2) is 0 Å². The van der Waals surface area contributed by atoms with Crippen LogP contribution in [0.15, 0.2) is 11.6 Å². The van der Waals surface area contributed by atoms with Crippen LogP contribution in [-0.2, 0) is 19.2 Å². The molecule has 0 heterocycles. The fraction of sp³-hybridized carbons (Fsp3) is 0.571. The van der Waals surface area contributed by atoms with Gasteiger partial charge in [-0.2, -0.15) is 0 Å². The minimum Gasteiger partial charge on any atom is -0.481 e. The summed E-state index contributed by atoms with van der Waals surface area (Å²) in [4.78, 5) is 46.0. The van der Waals surface area contributed by atoms with Crippen LogP contribution in [0.25, 0.3) is 0 Å².